The quantitative estimate of drug-likeness (QED) is 0.699. The Bertz CT molecular complexity index is 237. The first-order chi connectivity index (χ1) is 7.47. The Kier molecular flexibility index (Phi) is 7.15. The number of carbonyl (C=O) groups excluding carboxylic acids is 1. The van der Waals surface area contributed by atoms with Crippen LogP contribution in [0.4, 0.5) is 13.6 Å². The van der Waals surface area contributed by atoms with Crippen LogP contribution in [0.15, 0.2) is 0 Å². The number of alkyl halides is 2. The number of carboxylic acids is 1. The van der Waals surface area contributed by atoms with Crippen LogP contribution in [0.2, 0.25) is 0 Å². The molecule has 0 bridgehead atoms. The van der Waals surface area contributed by atoms with Crippen molar-refractivity contribution in [3.05, 3.63) is 0 Å². The van der Waals surface area contributed by atoms with Gasteiger partial charge in [-0.05, 0) is 6.42 Å². The molecule has 0 atom stereocenters. The van der Waals surface area contributed by atoms with Gasteiger partial charge in [-0.1, -0.05) is 6.92 Å². The predicted octanol–water partition coefficient (Wildman–Crippen LogP) is 1.15. The van der Waals surface area contributed by atoms with Crippen LogP contribution in [0.25, 0.3) is 0 Å². The first-order valence-electron chi connectivity index (χ1n) is 5.00. The van der Waals surface area contributed by atoms with E-state index in [2.05, 4.69) is 5.32 Å². The lowest BCUT2D eigenvalue weighted by Gasteiger charge is -2.21. The molecule has 7 heteroatoms. The van der Waals surface area contributed by atoms with Gasteiger partial charge in [-0.15, -0.1) is 0 Å². The highest BCUT2D eigenvalue weighted by Gasteiger charge is 2.16. The van der Waals surface area contributed by atoms with E-state index in [1.807, 2.05) is 0 Å². The van der Waals surface area contributed by atoms with Gasteiger partial charge >= 0.3 is 12.0 Å². The first-order valence-corrected chi connectivity index (χ1v) is 5.00. The van der Waals surface area contributed by atoms with Crippen LogP contribution in [-0.2, 0) is 4.79 Å². The number of amides is 2. The standard InChI is InChI=1S/C9H16F2N2O3/c1-2-5-13(6-7(10)11)9(16)12-4-3-8(14)15/h7H,2-6H2,1H3,(H,12,16)(H,14,15). The van der Waals surface area contributed by atoms with Gasteiger partial charge in [0.05, 0.1) is 13.0 Å². The van der Waals surface area contributed by atoms with E-state index in [0.717, 1.165) is 4.90 Å². The fourth-order valence-electron chi connectivity index (χ4n) is 1.10. The SMILES string of the molecule is CCCN(CC(F)F)C(=O)NCCC(=O)O. The maximum absolute atomic E-state index is 12.1. The topological polar surface area (TPSA) is 69.6 Å². The van der Waals surface area contributed by atoms with Crippen molar-refractivity contribution in [3.8, 4) is 0 Å². The predicted molar refractivity (Wildman–Crippen MR) is 53.5 cm³/mol. The average Bonchev–Trinajstić information content (AvgIpc) is 2.15. The van der Waals surface area contributed by atoms with E-state index < -0.39 is 25.0 Å². The zero-order valence-electron chi connectivity index (χ0n) is 9.08. The highest BCUT2D eigenvalue weighted by molar-refractivity contribution is 5.75. The number of carbonyl (C=O) groups is 2. The summed E-state index contributed by atoms with van der Waals surface area (Å²) in [7, 11) is 0. The smallest absolute Gasteiger partial charge is 0.317 e. The maximum atomic E-state index is 12.1. The summed E-state index contributed by atoms with van der Waals surface area (Å²) in [6.45, 7) is 1.30. The molecule has 0 fully saturated rings. The Labute approximate surface area is 92.4 Å². The van der Waals surface area contributed by atoms with Crippen molar-refractivity contribution < 1.29 is 23.5 Å². The zero-order chi connectivity index (χ0) is 12.6. The van der Waals surface area contributed by atoms with E-state index in [1.54, 1.807) is 6.92 Å². The van der Waals surface area contributed by atoms with Crippen LogP contribution in [0, 0.1) is 0 Å². The average molecular weight is 238 g/mol. The molecular formula is C9H16F2N2O3. The Balaban J connectivity index is 4.00. The highest BCUT2D eigenvalue weighted by Crippen LogP contribution is 2.00. The van der Waals surface area contributed by atoms with E-state index in [1.165, 1.54) is 0 Å². The molecule has 2 amide bonds. The van der Waals surface area contributed by atoms with Crippen molar-refractivity contribution in [2.24, 2.45) is 0 Å². The van der Waals surface area contributed by atoms with E-state index in [4.69, 9.17) is 5.11 Å². The van der Waals surface area contributed by atoms with Gasteiger partial charge in [-0.2, -0.15) is 0 Å². The molecule has 0 saturated carbocycles. The number of carboxylic acid groups (broad SMARTS) is 1. The largest absolute Gasteiger partial charge is 0.481 e. The van der Waals surface area contributed by atoms with Gasteiger partial charge in [0.2, 0.25) is 0 Å². The second-order valence-electron chi connectivity index (χ2n) is 3.21. The minimum Gasteiger partial charge on any atom is -0.481 e. The summed E-state index contributed by atoms with van der Waals surface area (Å²) >= 11 is 0. The fraction of sp³-hybridized carbons (Fsp3) is 0.778. The summed E-state index contributed by atoms with van der Waals surface area (Å²) in [5.41, 5.74) is 0. The van der Waals surface area contributed by atoms with Crippen LogP contribution >= 0.6 is 0 Å². The molecule has 0 aliphatic heterocycles. The van der Waals surface area contributed by atoms with Crippen molar-refractivity contribution in [3.63, 3.8) is 0 Å². The molecule has 16 heavy (non-hydrogen) atoms. The van der Waals surface area contributed by atoms with Gasteiger partial charge in [0, 0.05) is 13.1 Å². The molecule has 0 saturated heterocycles. The number of aliphatic carboxylic acids is 1. The van der Waals surface area contributed by atoms with Gasteiger partial charge in [0.25, 0.3) is 6.43 Å². The summed E-state index contributed by atoms with van der Waals surface area (Å²) in [5.74, 6) is -1.05. The highest BCUT2D eigenvalue weighted by atomic mass is 19.3. The summed E-state index contributed by atoms with van der Waals surface area (Å²) < 4.78 is 24.2. The number of rotatable bonds is 7. The van der Waals surface area contributed by atoms with Gasteiger partial charge in [-0.3, -0.25) is 4.79 Å². The lowest BCUT2D eigenvalue weighted by molar-refractivity contribution is -0.136. The second kappa shape index (κ2) is 7.84. The lowest BCUT2D eigenvalue weighted by atomic mass is 10.4. The molecule has 0 aromatic heterocycles. The molecule has 0 spiro atoms. The summed E-state index contributed by atoms with van der Waals surface area (Å²) in [4.78, 5) is 22.5. The number of hydrogen-bond donors (Lipinski definition) is 2. The summed E-state index contributed by atoms with van der Waals surface area (Å²) in [6, 6.07) is -0.650. The fourth-order valence-corrected chi connectivity index (χ4v) is 1.10. The van der Waals surface area contributed by atoms with E-state index in [9.17, 15) is 18.4 Å². The third-order valence-corrected chi connectivity index (χ3v) is 1.75. The minimum atomic E-state index is -2.59. The van der Waals surface area contributed by atoms with Crippen molar-refractivity contribution in [2.45, 2.75) is 26.2 Å². The number of halogens is 2. The molecule has 2 N–H and O–H groups in total. The molecule has 0 unspecified atom stereocenters. The molecule has 0 radical (unpaired) electrons. The van der Waals surface area contributed by atoms with Gasteiger partial charge in [0.15, 0.2) is 0 Å². The second-order valence-corrected chi connectivity index (χ2v) is 3.21. The Morgan fingerprint density at radius 1 is 1.44 bits per heavy atom. The molecule has 0 aromatic carbocycles. The van der Waals surface area contributed by atoms with E-state index in [-0.39, 0.29) is 19.5 Å². The minimum absolute atomic E-state index is 0.0579. The van der Waals surface area contributed by atoms with Crippen LogP contribution in [-0.4, -0.2) is 48.1 Å². The number of hydrogen-bond acceptors (Lipinski definition) is 2. The molecule has 0 heterocycles. The molecule has 0 rings (SSSR count). The van der Waals surface area contributed by atoms with Crippen LogP contribution < -0.4 is 5.32 Å². The number of nitrogens with zero attached hydrogens (tertiary/aromatic N) is 1. The molecule has 0 aliphatic rings. The Morgan fingerprint density at radius 2 is 2.06 bits per heavy atom. The third kappa shape index (κ3) is 6.97. The first kappa shape index (κ1) is 14.6. The summed E-state index contributed by atoms with van der Waals surface area (Å²) in [6.07, 6.45) is -2.24. The normalized spacial score (nSPS) is 10.2. The van der Waals surface area contributed by atoms with Gasteiger partial charge in [0.1, 0.15) is 0 Å². The molecular weight excluding hydrogens is 222 g/mol. The summed E-state index contributed by atoms with van der Waals surface area (Å²) in [5, 5.41) is 10.6. The molecule has 94 valence electrons. The van der Waals surface area contributed by atoms with E-state index in [0.29, 0.717) is 6.42 Å². The lowest BCUT2D eigenvalue weighted by Crippen LogP contribution is -2.43. The number of nitrogens with one attached hydrogen (secondary N) is 1. The maximum Gasteiger partial charge on any atom is 0.317 e. The van der Waals surface area contributed by atoms with Crippen molar-refractivity contribution in [1.29, 1.82) is 0 Å². The van der Waals surface area contributed by atoms with Crippen molar-refractivity contribution >= 4 is 12.0 Å². The van der Waals surface area contributed by atoms with E-state index >= 15 is 0 Å². The van der Waals surface area contributed by atoms with Crippen LogP contribution in [0.5, 0.6) is 0 Å². The van der Waals surface area contributed by atoms with Crippen LogP contribution in [0.1, 0.15) is 19.8 Å². The van der Waals surface area contributed by atoms with Gasteiger partial charge < -0.3 is 15.3 Å². The Morgan fingerprint density at radius 3 is 2.50 bits per heavy atom. The van der Waals surface area contributed by atoms with Crippen molar-refractivity contribution in [2.75, 3.05) is 19.6 Å². The molecule has 5 nitrogen and oxygen atoms in total. The van der Waals surface area contributed by atoms with Crippen LogP contribution in [0.3, 0.4) is 0 Å². The number of urea groups is 1. The zero-order valence-corrected chi connectivity index (χ0v) is 9.08. The molecule has 0 aromatic rings. The van der Waals surface area contributed by atoms with Gasteiger partial charge in [-0.25, -0.2) is 13.6 Å². The Hall–Kier alpha value is -1.40. The third-order valence-electron chi connectivity index (χ3n) is 1.75. The molecule has 0 aliphatic carbocycles. The van der Waals surface area contributed by atoms with Crippen molar-refractivity contribution in [1.82, 2.24) is 10.2 Å². The monoisotopic (exact) mass is 238 g/mol.